The lowest BCUT2D eigenvalue weighted by Crippen LogP contribution is -2.27. The van der Waals surface area contributed by atoms with Gasteiger partial charge in [-0.1, -0.05) is 0 Å². The van der Waals surface area contributed by atoms with E-state index in [4.69, 9.17) is 4.74 Å². The molecular formula is C15H21N3O3S2. The van der Waals surface area contributed by atoms with Crippen LogP contribution in [0.5, 0.6) is 5.75 Å². The fourth-order valence-electron chi connectivity index (χ4n) is 2.37. The van der Waals surface area contributed by atoms with Gasteiger partial charge >= 0.3 is 0 Å². The van der Waals surface area contributed by atoms with Gasteiger partial charge in [-0.2, -0.15) is 0 Å². The van der Waals surface area contributed by atoms with Gasteiger partial charge < -0.3 is 10.1 Å². The van der Waals surface area contributed by atoms with Crippen molar-refractivity contribution in [1.82, 2.24) is 9.71 Å². The molecule has 126 valence electrons. The van der Waals surface area contributed by atoms with Crippen LogP contribution in [-0.2, 0) is 16.4 Å². The van der Waals surface area contributed by atoms with Crippen LogP contribution in [-0.4, -0.2) is 34.1 Å². The zero-order valence-electron chi connectivity index (χ0n) is 13.6. The average Bonchev–Trinajstić information content (AvgIpc) is 2.93. The van der Waals surface area contributed by atoms with Gasteiger partial charge in [-0.3, -0.25) is 0 Å². The number of methoxy groups -OCH3 is 1. The number of aryl methyl sites for hydroxylation is 2. The van der Waals surface area contributed by atoms with Crippen LogP contribution in [0.4, 0.5) is 5.13 Å². The number of anilines is 1. The summed E-state index contributed by atoms with van der Waals surface area (Å²) in [5, 5.41) is 5.71. The predicted octanol–water partition coefficient (Wildman–Crippen LogP) is 2.33. The summed E-state index contributed by atoms with van der Waals surface area (Å²) in [6.45, 7) is 3.84. The van der Waals surface area contributed by atoms with E-state index in [1.54, 1.807) is 40.1 Å². The molecule has 0 radical (unpaired) electrons. The third kappa shape index (κ3) is 4.21. The number of rotatable bonds is 7. The third-order valence-corrected chi connectivity index (χ3v) is 6.05. The lowest BCUT2D eigenvalue weighted by molar-refractivity contribution is 0.413. The number of sulfonamides is 1. The van der Waals surface area contributed by atoms with Crippen molar-refractivity contribution in [2.75, 3.05) is 26.0 Å². The van der Waals surface area contributed by atoms with Gasteiger partial charge in [0.05, 0.1) is 17.7 Å². The minimum Gasteiger partial charge on any atom is -0.497 e. The topological polar surface area (TPSA) is 80.3 Å². The zero-order valence-corrected chi connectivity index (χ0v) is 15.3. The molecule has 0 unspecified atom stereocenters. The molecular weight excluding hydrogens is 334 g/mol. The van der Waals surface area contributed by atoms with E-state index < -0.39 is 10.0 Å². The van der Waals surface area contributed by atoms with Crippen molar-refractivity contribution in [2.45, 2.75) is 25.2 Å². The summed E-state index contributed by atoms with van der Waals surface area (Å²) in [5.74, 6) is 0.654. The lowest BCUT2D eigenvalue weighted by Gasteiger charge is -2.13. The molecule has 0 aliphatic heterocycles. The molecule has 0 aliphatic rings. The van der Waals surface area contributed by atoms with Gasteiger partial charge in [-0.25, -0.2) is 18.1 Å². The molecule has 23 heavy (non-hydrogen) atoms. The number of benzene rings is 1. The van der Waals surface area contributed by atoms with Crippen molar-refractivity contribution in [3.05, 3.63) is 34.3 Å². The van der Waals surface area contributed by atoms with Crippen molar-refractivity contribution in [3.8, 4) is 5.75 Å². The summed E-state index contributed by atoms with van der Waals surface area (Å²) in [5.41, 5.74) is 2.20. The molecule has 2 rings (SSSR count). The van der Waals surface area contributed by atoms with Crippen LogP contribution in [0.3, 0.4) is 0 Å². The summed E-state index contributed by atoms with van der Waals surface area (Å²) >= 11 is 1.50. The number of nitrogens with zero attached hydrogens (tertiary/aromatic N) is 1. The van der Waals surface area contributed by atoms with Crippen molar-refractivity contribution in [3.63, 3.8) is 0 Å². The van der Waals surface area contributed by atoms with Gasteiger partial charge in [0.1, 0.15) is 5.75 Å². The van der Waals surface area contributed by atoms with E-state index in [0.29, 0.717) is 34.7 Å². The number of thiazole rings is 1. The molecule has 0 saturated carbocycles. The Bertz CT molecular complexity index is 762. The van der Waals surface area contributed by atoms with Gasteiger partial charge in [-0.15, -0.1) is 11.3 Å². The molecule has 0 amide bonds. The molecule has 6 nitrogen and oxygen atoms in total. The minimum atomic E-state index is -3.56. The minimum absolute atomic E-state index is 0.306. The molecule has 1 aromatic heterocycles. The van der Waals surface area contributed by atoms with E-state index in [2.05, 4.69) is 15.0 Å². The van der Waals surface area contributed by atoms with E-state index in [9.17, 15) is 8.42 Å². The van der Waals surface area contributed by atoms with Gasteiger partial charge in [0.2, 0.25) is 10.0 Å². The first-order chi connectivity index (χ1) is 10.9. The van der Waals surface area contributed by atoms with E-state index in [0.717, 1.165) is 10.8 Å². The van der Waals surface area contributed by atoms with E-state index in [1.165, 1.54) is 11.3 Å². The van der Waals surface area contributed by atoms with Crippen molar-refractivity contribution >= 4 is 26.5 Å². The van der Waals surface area contributed by atoms with E-state index in [-0.39, 0.29) is 0 Å². The smallest absolute Gasteiger partial charge is 0.241 e. The Hall–Kier alpha value is -1.64. The second-order valence-electron chi connectivity index (χ2n) is 5.13. The highest BCUT2D eigenvalue weighted by Crippen LogP contribution is 2.25. The van der Waals surface area contributed by atoms with Crippen LogP contribution in [0.2, 0.25) is 0 Å². The van der Waals surface area contributed by atoms with Crippen LogP contribution in [0.25, 0.3) is 0 Å². The maximum Gasteiger partial charge on any atom is 0.241 e. The van der Waals surface area contributed by atoms with Gasteiger partial charge in [-0.05, 0) is 37.1 Å². The maximum atomic E-state index is 12.5. The van der Waals surface area contributed by atoms with Crippen LogP contribution in [0.1, 0.15) is 16.8 Å². The number of hydrogen-bond donors (Lipinski definition) is 2. The Labute approximate surface area is 141 Å². The fourth-order valence-corrected chi connectivity index (χ4v) is 4.56. The van der Waals surface area contributed by atoms with Crippen LogP contribution >= 0.6 is 11.3 Å². The first-order valence-corrected chi connectivity index (χ1v) is 9.50. The lowest BCUT2D eigenvalue weighted by atomic mass is 10.1. The second kappa shape index (κ2) is 7.29. The Kier molecular flexibility index (Phi) is 5.61. The molecule has 0 aliphatic carbocycles. The maximum absolute atomic E-state index is 12.5. The largest absolute Gasteiger partial charge is 0.497 e. The average molecular weight is 355 g/mol. The Balaban J connectivity index is 2.10. The van der Waals surface area contributed by atoms with E-state index in [1.807, 2.05) is 5.38 Å². The zero-order chi connectivity index (χ0) is 17.0. The van der Waals surface area contributed by atoms with Crippen LogP contribution < -0.4 is 14.8 Å². The number of aromatic nitrogens is 1. The SMILES string of the molecule is CNc1nc(CCNS(=O)(=O)c2c(C)cc(OC)cc2C)cs1. The molecule has 0 saturated heterocycles. The summed E-state index contributed by atoms with van der Waals surface area (Å²) in [6.07, 6.45) is 0.547. The summed E-state index contributed by atoms with van der Waals surface area (Å²) in [6, 6.07) is 3.45. The molecule has 2 aromatic rings. The molecule has 1 heterocycles. The van der Waals surface area contributed by atoms with Crippen molar-refractivity contribution in [1.29, 1.82) is 0 Å². The van der Waals surface area contributed by atoms with Gasteiger partial charge in [0, 0.05) is 25.4 Å². The summed E-state index contributed by atoms with van der Waals surface area (Å²) in [7, 11) is -0.192. The number of ether oxygens (including phenoxy) is 1. The highest BCUT2D eigenvalue weighted by Gasteiger charge is 2.20. The number of nitrogens with one attached hydrogen (secondary N) is 2. The highest BCUT2D eigenvalue weighted by atomic mass is 32.2. The fraction of sp³-hybridized carbons (Fsp3) is 0.400. The summed E-state index contributed by atoms with van der Waals surface area (Å²) in [4.78, 5) is 4.65. The second-order valence-corrected chi connectivity index (χ2v) is 7.69. The predicted molar refractivity (Wildman–Crippen MR) is 93.0 cm³/mol. The van der Waals surface area contributed by atoms with Crippen LogP contribution in [0.15, 0.2) is 22.4 Å². The molecule has 0 spiro atoms. The summed E-state index contributed by atoms with van der Waals surface area (Å²) < 4.78 is 32.9. The molecule has 8 heteroatoms. The van der Waals surface area contributed by atoms with E-state index >= 15 is 0 Å². The van der Waals surface area contributed by atoms with Crippen molar-refractivity contribution < 1.29 is 13.2 Å². The molecule has 0 atom stereocenters. The standard InChI is InChI=1S/C15H21N3O3S2/c1-10-7-13(21-4)8-11(2)14(10)23(19,20)17-6-5-12-9-22-15(16-3)18-12/h7-9,17H,5-6H2,1-4H3,(H,16,18). The Morgan fingerprint density at radius 3 is 2.43 bits per heavy atom. The number of hydrogen-bond acceptors (Lipinski definition) is 6. The molecule has 2 N–H and O–H groups in total. The van der Waals surface area contributed by atoms with Gasteiger partial charge in [0.15, 0.2) is 5.13 Å². The molecule has 1 aromatic carbocycles. The molecule has 0 fully saturated rings. The Morgan fingerprint density at radius 2 is 1.91 bits per heavy atom. The third-order valence-electron chi connectivity index (χ3n) is 3.38. The van der Waals surface area contributed by atoms with Crippen LogP contribution in [0, 0.1) is 13.8 Å². The van der Waals surface area contributed by atoms with Crippen molar-refractivity contribution in [2.24, 2.45) is 0 Å². The first-order valence-electron chi connectivity index (χ1n) is 7.14. The first kappa shape index (κ1) is 17.7. The van der Waals surface area contributed by atoms with Gasteiger partial charge in [0.25, 0.3) is 0 Å². The monoisotopic (exact) mass is 355 g/mol. The quantitative estimate of drug-likeness (QED) is 0.797. The Morgan fingerprint density at radius 1 is 1.26 bits per heavy atom. The normalized spacial score (nSPS) is 11.5. The highest BCUT2D eigenvalue weighted by molar-refractivity contribution is 7.89. The molecule has 0 bridgehead atoms.